The lowest BCUT2D eigenvalue weighted by molar-refractivity contribution is -0.274. The Morgan fingerprint density at radius 2 is 1.62 bits per heavy atom. The van der Waals surface area contributed by atoms with Crippen molar-refractivity contribution in [3.05, 3.63) is 48.0 Å². The van der Waals surface area contributed by atoms with Gasteiger partial charge in [0.05, 0.1) is 7.11 Å². The second-order valence-corrected chi connectivity index (χ2v) is 4.14. The van der Waals surface area contributed by atoms with E-state index in [0.717, 1.165) is 0 Å². The molecular weight excluding hydrogens is 285 g/mol. The van der Waals surface area contributed by atoms with Crippen molar-refractivity contribution < 1.29 is 27.4 Å². The number of rotatable bonds is 4. The lowest BCUT2D eigenvalue weighted by atomic mass is 10.00. The van der Waals surface area contributed by atoms with E-state index in [1.54, 1.807) is 18.2 Å². The molecule has 0 N–H and O–H groups in total. The molecule has 0 spiro atoms. The van der Waals surface area contributed by atoms with Gasteiger partial charge in [-0.1, -0.05) is 12.1 Å². The van der Waals surface area contributed by atoms with Crippen LogP contribution in [0, 0.1) is 0 Å². The number of hydrogen-bond acceptors (Lipinski definition) is 3. The number of carbonyl (C=O) groups is 1. The fraction of sp³-hybridized carbons (Fsp3) is 0.133. The maximum atomic E-state index is 12.1. The summed E-state index contributed by atoms with van der Waals surface area (Å²) in [5.41, 5.74) is 1.58. The van der Waals surface area contributed by atoms with Crippen LogP contribution in [-0.2, 0) is 0 Å². The zero-order valence-electron chi connectivity index (χ0n) is 11.0. The van der Waals surface area contributed by atoms with Crippen molar-refractivity contribution in [2.24, 2.45) is 0 Å². The molecule has 0 fully saturated rings. The average Bonchev–Trinajstić information content (AvgIpc) is 2.45. The van der Waals surface area contributed by atoms with Gasteiger partial charge in [-0.3, -0.25) is 4.79 Å². The Morgan fingerprint density at radius 1 is 1.00 bits per heavy atom. The van der Waals surface area contributed by atoms with Crippen LogP contribution in [0.4, 0.5) is 13.2 Å². The van der Waals surface area contributed by atoms with Crippen LogP contribution in [0.2, 0.25) is 0 Å². The van der Waals surface area contributed by atoms with Crippen molar-refractivity contribution in [3.63, 3.8) is 0 Å². The standard InChI is InChI=1S/C15H11F3O3/c1-20-13-7-4-11(9-19)14(8-13)10-2-5-12(6-3-10)21-15(16,17)18/h2-9H,1H3. The van der Waals surface area contributed by atoms with Gasteiger partial charge in [-0.15, -0.1) is 13.2 Å². The van der Waals surface area contributed by atoms with E-state index in [1.165, 1.54) is 31.4 Å². The van der Waals surface area contributed by atoms with Crippen molar-refractivity contribution in [1.29, 1.82) is 0 Å². The number of ether oxygens (including phenoxy) is 2. The molecule has 0 atom stereocenters. The monoisotopic (exact) mass is 296 g/mol. The second-order valence-electron chi connectivity index (χ2n) is 4.14. The number of carbonyl (C=O) groups excluding carboxylic acids is 1. The fourth-order valence-electron chi connectivity index (χ4n) is 1.85. The first-order valence-corrected chi connectivity index (χ1v) is 5.92. The van der Waals surface area contributed by atoms with Crippen LogP contribution < -0.4 is 9.47 Å². The molecule has 3 nitrogen and oxygen atoms in total. The number of hydrogen-bond donors (Lipinski definition) is 0. The van der Waals surface area contributed by atoms with Crippen molar-refractivity contribution in [1.82, 2.24) is 0 Å². The summed E-state index contributed by atoms with van der Waals surface area (Å²) in [5, 5.41) is 0. The average molecular weight is 296 g/mol. The Hall–Kier alpha value is -2.50. The first-order valence-electron chi connectivity index (χ1n) is 5.92. The number of methoxy groups -OCH3 is 1. The van der Waals surface area contributed by atoms with Gasteiger partial charge in [0.25, 0.3) is 0 Å². The topological polar surface area (TPSA) is 35.5 Å². The van der Waals surface area contributed by atoms with E-state index >= 15 is 0 Å². The Kier molecular flexibility index (Phi) is 4.16. The minimum absolute atomic E-state index is 0.318. The summed E-state index contributed by atoms with van der Waals surface area (Å²) >= 11 is 0. The molecule has 21 heavy (non-hydrogen) atoms. The van der Waals surface area contributed by atoms with E-state index < -0.39 is 6.36 Å². The Balaban J connectivity index is 2.36. The van der Waals surface area contributed by atoms with Gasteiger partial charge in [0, 0.05) is 5.56 Å². The lowest BCUT2D eigenvalue weighted by Crippen LogP contribution is -2.16. The summed E-state index contributed by atoms with van der Waals surface area (Å²) in [7, 11) is 1.49. The second kappa shape index (κ2) is 5.87. The van der Waals surface area contributed by atoms with E-state index in [0.29, 0.717) is 28.7 Å². The predicted octanol–water partition coefficient (Wildman–Crippen LogP) is 4.07. The molecule has 0 saturated carbocycles. The zero-order chi connectivity index (χ0) is 15.5. The van der Waals surface area contributed by atoms with Gasteiger partial charge in [-0.05, 0) is 41.5 Å². The maximum Gasteiger partial charge on any atom is 0.573 e. The summed E-state index contributed by atoms with van der Waals surface area (Å²) in [6.45, 7) is 0. The molecule has 110 valence electrons. The summed E-state index contributed by atoms with van der Waals surface area (Å²) < 4.78 is 45.2. The molecule has 0 radical (unpaired) electrons. The van der Waals surface area contributed by atoms with Gasteiger partial charge in [-0.2, -0.15) is 0 Å². The third-order valence-electron chi connectivity index (χ3n) is 2.79. The molecule has 2 rings (SSSR count). The first-order chi connectivity index (χ1) is 9.93. The highest BCUT2D eigenvalue weighted by atomic mass is 19.4. The molecule has 0 aromatic heterocycles. The smallest absolute Gasteiger partial charge is 0.497 e. The van der Waals surface area contributed by atoms with Crippen LogP contribution in [-0.4, -0.2) is 19.8 Å². The van der Waals surface area contributed by atoms with E-state index in [2.05, 4.69) is 4.74 Å². The van der Waals surface area contributed by atoms with Crippen LogP contribution in [0.3, 0.4) is 0 Å². The predicted molar refractivity (Wildman–Crippen MR) is 70.5 cm³/mol. The Bertz CT molecular complexity index is 634. The normalized spacial score (nSPS) is 11.0. The highest BCUT2D eigenvalue weighted by Gasteiger charge is 2.30. The molecule has 0 aliphatic rings. The van der Waals surface area contributed by atoms with Crippen molar-refractivity contribution in [3.8, 4) is 22.6 Å². The fourth-order valence-corrected chi connectivity index (χ4v) is 1.85. The molecule has 2 aromatic rings. The number of aldehydes is 1. The van der Waals surface area contributed by atoms with E-state index in [4.69, 9.17) is 4.74 Å². The van der Waals surface area contributed by atoms with E-state index in [1.807, 2.05) is 0 Å². The van der Waals surface area contributed by atoms with Gasteiger partial charge in [0.1, 0.15) is 11.5 Å². The minimum atomic E-state index is -4.73. The Morgan fingerprint density at radius 3 is 2.14 bits per heavy atom. The zero-order valence-corrected chi connectivity index (χ0v) is 11.0. The number of alkyl halides is 3. The quantitative estimate of drug-likeness (QED) is 0.798. The first kappa shape index (κ1) is 14.9. The minimum Gasteiger partial charge on any atom is -0.497 e. The van der Waals surface area contributed by atoms with Gasteiger partial charge >= 0.3 is 6.36 Å². The summed E-state index contributed by atoms with van der Waals surface area (Å²) in [6.07, 6.45) is -4.06. The third-order valence-corrected chi connectivity index (χ3v) is 2.79. The van der Waals surface area contributed by atoms with Crippen molar-refractivity contribution in [2.45, 2.75) is 6.36 Å². The molecule has 6 heteroatoms. The molecule has 0 saturated heterocycles. The van der Waals surface area contributed by atoms with E-state index in [9.17, 15) is 18.0 Å². The molecule has 0 unspecified atom stereocenters. The van der Waals surface area contributed by atoms with Crippen molar-refractivity contribution >= 4 is 6.29 Å². The van der Waals surface area contributed by atoms with Gasteiger partial charge < -0.3 is 9.47 Å². The largest absolute Gasteiger partial charge is 0.573 e. The van der Waals surface area contributed by atoms with Gasteiger partial charge in [0.2, 0.25) is 0 Å². The van der Waals surface area contributed by atoms with Gasteiger partial charge in [0.15, 0.2) is 6.29 Å². The van der Waals surface area contributed by atoms with E-state index in [-0.39, 0.29) is 5.75 Å². The molecule has 0 bridgehead atoms. The summed E-state index contributed by atoms with van der Waals surface area (Å²) in [6, 6.07) is 10.1. The molecule has 0 amide bonds. The number of halogens is 3. The SMILES string of the molecule is COc1ccc(C=O)c(-c2ccc(OC(F)(F)F)cc2)c1. The van der Waals surface area contributed by atoms with Gasteiger partial charge in [-0.25, -0.2) is 0 Å². The van der Waals surface area contributed by atoms with Crippen LogP contribution in [0.25, 0.3) is 11.1 Å². The highest BCUT2D eigenvalue weighted by Crippen LogP contribution is 2.30. The van der Waals surface area contributed by atoms with Crippen LogP contribution in [0.1, 0.15) is 10.4 Å². The molecule has 0 aliphatic heterocycles. The van der Waals surface area contributed by atoms with Crippen LogP contribution in [0.5, 0.6) is 11.5 Å². The summed E-state index contributed by atoms with van der Waals surface area (Å²) in [4.78, 5) is 11.0. The van der Waals surface area contributed by atoms with Crippen LogP contribution >= 0.6 is 0 Å². The lowest BCUT2D eigenvalue weighted by Gasteiger charge is -2.11. The van der Waals surface area contributed by atoms with Crippen LogP contribution in [0.15, 0.2) is 42.5 Å². The Labute approximate surface area is 118 Å². The molecule has 0 aliphatic carbocycles. The molecular formula is C15H11F3O3. The highest BCUT2D eigenvalue weighted by molar-refractivity contribution is 5.88. The third kappa shape index (κ3) is 3.75. The molecule has 0 heterocycles. The van der Waals surface area contributed by atoms with Crippen molar-refractivity contribution in [2.75, 3.05) is 7.11 Å². The number of benzene rings is 2. The maximum absolute atomic E-state index is 12.1. The summed E-state index contributed by atoms with van der Waals surface area (Å²) in [5.74, 6) is 0.230. The molecule has 2 aromatic carbocycles.